The normalized spacial score (nSPS) is 13.0. The first-order valence-corrected chi connectivity index (χ1v) is 7.92. The van der Waals surface area contributed by atoms with Crippen molar-refractivity contribution in [2.75, 3.05) is 0 Å². The zero-order valence-corrected chi connectivity index (χ0v) is 14.8. The molecule has 10 heteroatoms. The van der Waals surface area contributed by atoms with E-state index in [9.17, 15) is 22.8 Å². The highest BCUT2D eigenvalue weighted by molar-refractivity contribution is 5.75. The number of pyridine rings is 1. The molecule has 0 aliphatic heterocycles. The zero-order chi connectivity index (χ0) is 20.0. The molecule has 1 atom stereocenters. The van der Waals surface area contributed by atoms with Crippen molar-refractivity contribution in [3.05, 3.63) is 29.6 Å². The third-order valence-corrected chi connectivity index (χ3v) is 3.20. The lowest BCUT2D eigenvalue weighted by atomic mass is 10.0. The van der Waals surface area contributed by atoms with Gasteiger partial charge in [0.05, 0.1) is 0 Å². The second kappa shape index (κ2) is 8.84. The van der Waals surface area contributed by atoms with E-state index in [0.29, 0.717) is 5.56 Å². The molecule has 0 saturated heterocycles. The van der Waals surface area contributed by atoms with Crippen LogP contribution >= 0.6 is 0 Å². The van der Waals surface area contributed by atoms with Crippen LogP contribution in [0, 0.1) is 0 Å². The first-order chi connectivity index (χ1) is 11.9. The summed E-state index contributed by atoms with van der Waals surface area (Å²) in [7, 11) is 0. The summed E-state index contributed by atoms with van der Waals surface area (Å²) < 4.78 is 42.9. The Morgan fingerprint density at radius 3 is 2.38 bits per heavy atom. The third kappa shape index (κ3) is 8.15. The Labute approximate surface area is 149 Å². The number of nitrogens with two attached hydrogens (primary N) is 1. The van der Waals surface area contributed by atoms with Gasteiger partial charge in [-0.3, -0.25) is 15.2 Å². The monoisotopic (exact) mass is 376 g/mol. The summed E-state index contributed by atoms with van der Waals surface area (Å²) in [4.78, 5) is 26.6. The van der Waals surface area contributed by atoms with Crippen molar-refractivity contribution in [2.24, 2.45) is 5.84 Å². The van der Waals surface area contributed by atoms with Crippen LogP contribution in [0.1, 0.15) is 44.9 Å². The fourth-order valence-electron chi connectivity index (χ4n) is 2.07. The molecule has 0 aromatic carbocycles. The maximum absolute atomic E-state index is 12.6. The quantitative estimate of drug-likeness (QED) is 0.401. The SMILES string of the molecule is CC(C)(C)OC(=O)NC(CCC(=O)NN)Cc1ccc(C(F)(F)F)nc1. The molecule has 2 amide bonds. The van der Waals surface area contributed by atoms with E-state index in [1.807, 2.05) is 5.43 Å². The van der Waals surface area contributed by atoms with Crippen LogP contribution in [0.4, 0.5) is 18.0 Å². The van der Waals surface area contributed by atoms with E-state index in [-0.39, 0.29) is 19.3 Å². The van der Waals surface area contributed by atoms with Crippen molar-refractivity contribution in [2.45, 2.75) is 57.9 Å². The molecule has 4 N–H and O–H groups in total. The number of carbonyl (C=O) groups excluding carboxylic acids is 2. The smallest absolute Gasteiger partial charge is 0.433 e. The topological polar surface area (TPSA) is 106 Å². The highest BCUT2D eigenvalue weighted by Crippen LogP contribution is 2.27. The molecule has 1 aromatic rings. The molecule has 0 fully saturated rings. The molecule has 1 unspecified atom stereocenters. The van der Waals surface area contributed by atoms with Crippen LogP contribution in [0.3, 0.4) is 0 Å². The second-order valence-corrected chi connectivity index (χ2v) is 6.70. The molecule has 146 valence electrons. The van der Waals surface area contributed by atoms with Crippen LogP contribution in [0.2, 0.25) is 0 Å². The van der Waals surface area contributed by atoms with Gasteiger partial charge in [0.2, 0.25) is 5.91 Å². The van der Waals surface area contributed by atoms with Gasteiger partial charge in [0, 0.05) is 18.7 Å². The highest BCUT2D eigenvalue weighted by atomic mass is 19.4. The van der Waals surface area contributed by atoms with Crippen molar-refractivity contribution in [3.8, 4) is 0 Å². The Hall–Kier alpha value is -2.36. The van der Waals surface area contributed by atoms with E-state index in [1.165, 1.54) is 6.07 Å². The average Bonchev–Trinajstić information content (AvgIpc) is 2.50. The Balaban J connectivity index is 2.80. The first-order valence-electron chi connectivity index (χ1n) is 7.92. The van der Waals surface area contributed by atoms with Crippen molar-refractivity contribution < 1.29 is 27.5 Å². The van der Waals surface area contributed by atoms with Crippen LogP contribution < -0.4 is 16.6 Å². The molecule has 0 saturated carbocycles. The molecule has 1 aromatic heterocycles. The van der Waals surface area contributed by atoms with Gasteiger partial charge in [-0.25, -0.2) is 10.6 Å². The summed E-state index contributed by atoms with van der Waals surface area (Å²) in [5.74, 6) is 4.60. The summed E-state index contributed by atoms with van der Waals surface area (Å²) in [5.41, 5.74) is 0.750. The number of amides is 2. The van der Waals surface area contributed by atoms with Crippen LogP contribution in [0.15, 0.2) is 18.3 Å². The lowest BCUT2D eigenvalue weighted by Crippen LogP contribution is -2.41. The van der Waals surface area contributed by atoms with Gasteiger partial charge in [-0.2, -0.15) is 13.2 Å². The number of ether oxygens (including phenoxy) is 1. The largest absolute Gasteiger partial charge is 0.444 e. The molecule has 1 heterocycles. The molecule has 0 aliphatic rings. The minimum atomic E-state index is -4.52. The lowest BCUT2D eigenvalue weighted by molar-refractivity contribution is -0.141. The summed E-state index contributed by atoms with van der Waals surface area (Å²) in [6.45, 7) is 5.09. The molecule has 26 heavy (non-hydrogen) atoms. The predicted molar refractivity (Wildman–Crippen MR) is 87.7 cm³/mol. The van der Waals surface area contributed by atoms with E-state index in [4.69, 9.17) is 10.6 Å². The number of nitrogens with one attached hydrogen (secondary N) is 2. The van der Waals surface area contributed by atoms with Gasteiger partial charge >= 0.3 is 12.3 Å². The third-order valence-electron chi connectivity index (χ3n) is 3.20. The number of hydrogen-bond donors (Lipinski definition) is 3. The minimum Gasteiger partial charge on any atom is -0.444 e. The van der Waals surface area contributed by atoms with Gasteiger partial charge in [-0.15, -0.1) is 0 Å². The van der Waals surface area contributed by atoms with Crippen LogP contribution in [-0.2, 0) is 22.1 Å². The number of rotatable bonds is 6. The van der Waals surface area contributed by atoms with E-state index >= 15 is 0 Å². The van der Waals surface area contributed by atoms with Crippen molar-refractivity contribution in [1.29, 1.82) is 0 Å². The van der Waals surface area contributed by atoms with Gasteiger partial charge in [0.15, 0.2) is 0 Å². The Morgan fingerprint density at radius 1 is 1.27 bits per heavy atom. The molecule has 0 aliphatic carbocycles. The average molecular weight is 376 g/mol. The maximum atomic E-state index is 12.6. The number of alkyl carbamates (subject to hydrolysis) is 1. The van der Waals surface area contributed by atoms with Crippen LogP contribution in [-0.4, -0.2) is 28.6 Å². The summed E-state index contributed by atoms with van der Waals surface area (Å²) in [5, 5.41) is 2.61. The summed E-state index contributed by atoms with van der Waals surface area (Å²) in [6.07, 6.45) is -3.67. The molecule has 7 nitrogen and oxygen atoms in total. The van der Waals surface area contributed by atoms with Crippen molar-refractivity contribution >= 4 is 12.0 Å². The van der Waals surface area contributed by atoms with Crippen molar-refractivity contribution in [3.63, 3.8) is 0 Å². The highest BCUT2D eigenvalue weighted by Gasteiger charge is 2.32. The zero-order valence-electron chi connectivity index (χ0n) is 14.8. The molecular weight excluding hydrogens is 353 g/mol. The number of hydrogen-bond acceptors (Lipinski definition) is 5. The van der Waals surface area contributed by atoms with Crippen LogP contribution in [0.5, 0.6) is 0 Å². The minimum absolute atomic E-state index is 0.0328. The molecular formula is C16H23F3N4O3. The fraction of sp³-hybridized carbons (Fsp3) is 0.562. The lowest BCUT2D eigenvalue weighted by Gasteiger charge is -2.23. The Bertz CT molecular complexity index is 613. The maximum Gasteiger partial charge on any atom is 0.433 e. The van der Waals surface area contributed by atoms with Crippen LogP contribution in [0.25, 0.3) is 0 Å². The van der Waals surface area contributed by atoms with Gasteiger partial charge in [-0.05, 0) is 45.2 Å². The summed E-state index contributed by atoms with van der Waals surface area (Å²) in [6, 6.07) is 1.61. The fourth-order valence-corrected chi connectivity index (χ4v) is 2.07. The van der Waals surface area contributed by atoms with E-state index < -0.39 is 35.5 Å². The van der Waals surface area contributed by atoms with E-state index in [2.05, 4.69) is 10.3 Å². The number of halogens is 3. The summed E-state index contributed by atoms with van der Waals surface area (Å²) >= 11 is 0. The Kier molecular flexibility index (Phi) is 7.37. The van der Waals surface area contributed by atoms with E-state index in [0.717, 1.165) is 12.3 Å². The molecule has 1 rings (SSSR count). The van der Waals surface area contributed by atoms with Gasteiger partial charge < -0.3 is 10.1 Å². The van der Waals surface area contributed by atoms with Gasteiger partial charge in [-0.1, -0.05) is 6.07 Å². The number of nitrogens with zero attached hydrogens (tertiary/aromatic N) is 1. The Morgan fingerprint density at radius 2 is 1.92 bits per heavy atom. The molecule has 0 bridgehead atoms. The predicted octanol–water partition coefficient (Wildman–Crippen LogP) is 2.31. The second-order valence-electron chi connectivity index (χ2n) is 6.70. The number of aromatic nitrogens is 1. The number of carbonyl (C=O) groups is 2. The standard InChI is InChI=1S/C16H23F3N4O3/c1-15(2,3)26-14(25)22-11(5-7-13(24)23-20)8-10-4-6-12(21-9-10)16(17,18)19/h4,6,9,11H,5,7-8,20H2,1-3H3,(H,22,25)(H,23,24). The van der Waals surface area contributed by atoms with E-state index in [1.54, 1.807) is 20.8 Å². The van der Waals surface area contributed by atoms with Gasteiger partial charge in [0.1, 0.15) is 11.3 Å². The first kappa shape index (κ1) is 21.7. The molecule has 0 radical (unpaired) electrons. The van der Waals surface area contributed by atoms with Gasteiger partial charge in [0.25, 0.3) is 0 Å². The molecule has 0 spiro atoms. The number of hydrazine groups is 1. The number of alkyl halides is 3. The van der Waals surface area contributed by atoms with Crippen molar-refractivity contribution in [1.82, 2.24) is 15.7 Å².